The first-order valence-electron chi connectivity index (χ1n) is 10.8. The Bertz CT molecular complexity index is 1360. The monoisotopic (exact) mass is 537 g/mol. The van der Waals surface area contributed by atoms with E-state index in [9.17, 15) is 17.6 Å². The molecule has 184 valence electrons. The summed E-state index contributed by atoms with van der Waals surface area (Å²) in [6, 6.07) is 15.2. The number of nitrogens with one attached hydrogen (secondary N) is 1. The second kappa shape index (κ2) is 10.1. The summed E-state index contributed by atoms with van der Waals surface area (Å²) in [5, 5.41) is 3.51. The Morgan fingerprint density at radius 3 is 2.37 bits per heavy atom. The molecule has 0 aromatic heterocycles. The highest BCUT2D eigenvalue weighted by Gasteiger charge is 2.45. The molecular weight excluding hydrogens is 516 g/mol. The van der Waals surface area contributed by atoms with Crippen LogP contribution in [0.15, 0.2) is 65.6 Å². The van der Waals surface area contributed by atoms with Gasteiger partial charge in [-0.2, -0.15) is 0 Å². The van der Waals surface area contributed by atoms with Crippen molar-refractivity contribution in [2.75, 3.05) is 24.3 Å². The SMILES string of the molecule is CCS(=O)(=O)c1ccc(CC(=O)Nc2ccc(OC3(c4ccc(Cl)cc4Cl)COC3)c(F)c2)cc1. The fraction of sp³-hybridized carbons (Fsp3) is 0.240. The van der Waals surface area contributed by atoms with E-state index in [-0.39, 0.29) is 47.6 Å². The summed E-state index contributed by atoms with van der Waals surface area (Å²) in [5.41, 5.74) is 0.590. The van der Waals surface area contributed by atoms with E-state index in [4.69, 9.17) is 32.7 Å². The molecule has 6 nitrogen and oxygen atoms in total. The van der Waals surface area contributed by atoms with Crippen LogP contribution in [0.25, 0.3) is 0 Å². The van der Waals surface area contributed by atoms with Crippen LogP contribution < -0.4 is 10.1 Å². The van der Waals surface area contributed by atoms with Gasteiger partial charge in [0.1, 0.15) is 0 Å². The van der Waals surface area contributed by atoms with Crippen molar-refractivity contribution in [3.8, 4) is 5.75 Å². The summed E-state index contributed by atoms with van der Waals surface area (Å²) in [6.07, 6.45) is 0.00182. The van der Waals surface area contributed by atoms with Crippen molar-refractivity contribution < 1.29 is 27.1 Å². The molecule has 0 saturated carbocycles. The standard InChI is InChI=1S/C25H22Cl2FNO5S/c1-2-35(31,32)19-7-3-16(4-8-19)11-24(30)29-18-6-10-23(22(28)13-18)34-25(14-33-15-25)20-9-5-17(26)12-21(20)27/h3-10,12-13H,2,11,14-15H2,1H3,(H,29,30). The summed E-state index contributed by atoms with van der Waals surface area (Å²) >= 11 is 12.3. The minimum absolute atomic E-state index is 0.00100. The Kier molecular flexibility index (Phi) is 7.38. The zero-order valence-electron chi connectivity index (χ0n) is 18.7. The number of amides is 1. The molecule has 1 heterocycles. The number of hydrogen-bond donors (Lipinski definition) is 1. The maximum absolute atomic E-state index is 14.9. The Morgan fingerprint density at radius 2 is 1.80 bits per heavy atom. The average molecular weight is 538 g/mol. The van der Waals surface area contributed by atoms with Crippen LogP contribution in [-0.4, -0.2) is 33.3 Å². The molecule has 1 aliphatic heterocycles. The van der Waals surface area contributed by atoms with Gasteiger partial charge < -0.3 is 14.8 Å². The molecule has 0 atom stereocenters. The lowest BCUT2D eigenvalue weighted by atomic mass is 9.91. The van der Waals surface area contributed by atoms with Crippen LogP contribution in [0, 0.1) is 5.82 Å². The van der Waals surface area contributed by atoms with Crippen LogP contribution in [0.4, 0.5) is 10.1 Å². The molecule has 1 aliphatic rings. The van der Waals surface area contributed by atoms with Crippen LogP contribution in [0.1, 0.15) is 18.1 Å². The molecule has 1 saturated heterocycles. The number of ether oxygens (including phenoxy) is 2. The molecule has 35 heavy (non-hydrogen) atoms. The van der Waals surface area contributed by atoms with E-state index < -0.39 is 21.3 Å². The molecule has 0 bridgehead atoms. The maximum Gasteiger partial charge on any atom is 0.228 e. The first-order chi connectivity index (χ1) is 16.6. The molecule has 1 fully saturated rings. The van der Waals surface area contributed by atoms with E-state index in [0.29, 0.717) is 21.2 Å². The van der Waals surface area contributed by atoms with Gasteiger partial charge in [0.05, 0.1) is 30.3 Å². The lowest BCUT2D eigenvalue weighted by Gasteiger charge is -2.42. The van der Waals surface area contributed by atoms with E-state index in [1.807, 2.05) is 0 Å². The first kappa shape index (κ1) is 25.4. The molecular formula is C25H22Cl2FNO5S. The van der Waals surface area contributed by atoms with Crippen molar-refractivity contribution in [2.24, 2.45) is 0 Å². The number of hydrogen-bond acceptors (Lipinski definition) is 5. The molecule has 0 spiro atoms. The van der Waals surface area contributed by atoms with Gasteiger partial charge in [0.25, 0.3) is 0 Å². The Labute approximate surface area is 212 Å². The highest BCUT2D eigenvalue weighted by Crippen LogP contribution is 2.40. The molecule has 0 aliphatic carbocycles. The van der Waals surface area contributed by atoms with E-state index in [1.165, 1.54) is 30.3 Å². The van der Waals surface area contributed by atoms with Gasteiger partial charge in [-0.15, -0.1) is 0 Å². The lowest BCUT2D eigenvalue weighted by molar-refractivity contribution is -0.168. The second-order valence-electron chi connectivity index (χ2n) is 8.13. The van der Waals surface area contributed by atoms with Gasteiger partial charge >= 0.3 is 0 Å². The molecule has 0 radical (unpaired) electrons. The predicted molar refractivity (Wildman–Crippen MR) is 132 cm³/mol. The highest BCUT2D eigenvalue weighted by molar-refractivity contribution is 7.91. The summed E-state index contributed by atoms with van der Waals surface area (Å²) in [7, 11) is -3.31. The van der Waals surface area contributed by atoms with Crippen molar-refractivity contribution in [2.45, 2.75) is 23.8 Å². The van der Waals surface area contributed by atoms with Crippen LogP contribution >= 0.6 is 23.2 Å². The number of halogens is 3. The van der Waals surface area contributed by atoms with Crippen LogP contribution in [-0.2, 0) is 31.4 Å². The fourth-order valence-electron chi connectivity index (χ4n) is 3.66. The second-order valence-corrected chi connectivity index (χ2v) is 11.3. The third kappa shape index (κ3) is 5.62. The topological polar surface area (TPSA) is 81.7 Å². The van der Waals surface area contributed by atoms with Crippen LogP contribution in [0.2, 0.25) is 10.0 Å². The quantitative estimate of drug-likeness (QED) is 0.415. The minimum atomic E-state index is -3.31. The van der Waals surface area contributed by atoms with Crippen molar-refractivity contribution in [1.29, 1.82) is 0 Å². The Balaban J connectivity index is 1.43. The molecule has 1 N–H and O–H groups in total. The Hall–Kier alpha value is -2.65. The highest BCUT2D eigenvalue weighted by atomic mass is 35.5. The normalized spacial score (nSPS) is 14.7. The number of rotatable bonds is 8. The zero-order valence-corrected chi connectivity index (χ0v) is 21.0. The Morgan fingerprint density at radius 1 is 1.09 bits per heavy atom. The van der Waals surface area contributed by atoms with E-state index in [1.54, 1.807) is 37.3 Å². The van der Waals surface area contributed by atoms with E-state index in [0.717, 1.165) is 0 Å². The molecule has 0 unspecified atom stereocenters. The largest absolute Gasteiger partial charge is 0.475 e. The van der Waals surface area contributed by atoms with Crippen LogP contribution in [0.3, 0.4) is 0 Å². The van der Waals surface area contributed by atoms with Crippen molar-refractivity contribution in [3.63, 3.8) is 0 Å². The van der Waals surface area contributed by atoms with Crippen molar-refractivity contribution in [1.82, 2.24) is 0 Å². The van der Waals surface area contributed by atoms with Gasteiger partial charge in [-0.25, -0.2) is 12.8 Å². The summed E-state index contributed by atoms with van der Waals surface area (Å²) in [6.45, 7) is 1.97. The predicted octanol–water partition coefficient (Wildman–Crippen LogP) is 5.41. The smallest absolute Gasteiger partial charge is 0.228 e. The summed E-state index contributed by atoms with van der Waals surface area (Å²) in [4.78, 5) is 12.6. The summed E-state index contributed by atoms with van der Waals surface area (Å²) in [5.74, 6) is -1.04. The lowest BCUT2D eigenvalue weighted by Crippen LogP contribution is -2.51. The number of anilines is 1. The number of benzene rings is 3. The number of sulfone groups is 1. The number of carbonyl (C=O) groups excluding carboxylic acids is 1. The van der Waals surface area contributed by atoms with Crippen LogP contribution in [0.5, 0.6) is 5.75 Å². The van der Waals surface area contributed by atoms with Gasteiger partial charge in [0.15, 0.2) is 27.0 Å². The zero-order chi connectivity index (χ0) is 25.2. The van der Waals surface area contributed by atoms with E-state index in [2.05, 4.69) is 5.32 Å². The maximum atomic E-state index is 14.9. The fourth-order valence-corrected chi connectivity index (χ4v) is 5.12. The third-order valence-electron chi connectivity index (χ3n) is 5.64. The van der Waals surface area contributed by atoms with Gasteiger partial charge in [0, 0.05) is 27.4 Å². The van der Waals surface area contributed by atoms with Gasteiger partial charge in [0.2, 0.25) is 5.91 Å². The van der Waals surface area contributed by atoms with Crippen molar-refractivity contribution >= 4 is 44.6 Å². The molecule has 4 rings (SSSR count). The van der Waals surface area contributed by atoms with Gasteiger partial charge in [-0.1, -0.05) is 48.3 Å². The first-order valence-corrected chi connectivity index (χ1v) is 13.2. The van der Waals surface area contributed by atoms with Gasteiger partial charge in [-0.3, -0.25) is 4.79 Å². The third-order valence-corrected chi connectivity index (χ3v) is 7.94. The van der Waals surface area contributed by atoms with Gasteiger partial charge in [-0.05, 0) is 42.0 Å². The molecule has 3 aromatic carbocycles. The minimum Gasteiger partial charge on any atom is -0.475 e. The summed E-state index contributed by atoms with van der Waals surface area (Å²) < 4.78 is 50.0. The van der Waals surface area contributed by atoms with Crippen molar-refractivity contribution in [3.05, 3.63) is 87.7 Å². The number of carbonyl (C=O) groups is 1. The van der Waals surface area contributed by atoms with E-state index >= 15 is 0 Å². The molecule has 10 heteroatoms. The molecule has 3 aromatic rings. The molecule has 1 amide bonds. The average Bonchev–Trinajstić information content (AvgIpc) is 2.78.